The van der Waals surface area contributed by atoms with Crippen LogP contribution in [-0.2, 0) is 9.84 Å². The summed E-state index contributed by atoms with van der Waals surface area (Å²) in [7, 11) is -3.21. The Balaban J connectivity index is 2.24. The molecule has 0 spiro atoms. The Bertz CT molecular complexity index is 726. The highest BCUT2D eigenvalue weighted by atomic mass is 35.5. The Morgan fingerprint density at radius 2 is 1.95 bits per heavy atom. The molecule has 0 aliphatic carbocycles. The van der Waals surface area contributed by atoms with Gasteiger partial charge in [-0.15, -0.1) is 11.3 Å². The molecule has 1 aromatic carbocycles. The van der Waals surface area contributed by atoms with E-state index in [0.717, 1.165) is 11.3 Å². The van der Waals surface area contributed by atoms with Crippen molar-refractivity contribution in [2.75, 3.05) is 11.6 Å². The molecular formula is C13H13Cl2NO2S2. The maximum atomic E-state index is 11.5. The summed E-state index contributed by atoms with van der Waals surface area (Å²) in [6, 6.07) is 8.43. The van der Waals surface area contributed by atoms with E-state index in [9.17, 15) is 8.42 Å². The number of rotatable bonds is 4. The van der Waals surface area contributed by atoms with Crippen molar-refractivity contribution in [3.8, 4) is 0 Å². The van der Waals surface area contributed by atoms with Gasteiger partial charge in [-0.05, 0) is 31.2 Å². The summed E-state index contributed by atoms with van der Waals surface area (Å²) < 4.78 is 24.3. The van der Waals surface area contributed by atoms with E-state index >= 15 is 0 Å². The number of thiophene rings is 1. The van der Waals surface area contributed by atoms with Gasteiger partial charge in [0.2, 0.25) is 0 Å². The van der Waals surface area contributed by atoms with E-state index in [4.69, 9.17) is 23.2 Å². The summed E-state index contributed by atoms with van der Waals surface area (Å²) in [5, 5.41) is 3.22. The molecule has 20 heavy (non-hydrogen) atoms. The molecule has 0 amide bonds. The quantitative estimate of drug-likeness (QED) is 0.874. The molecule has 108 valence electrons. The van der Waals surface area contributed by atoms with Gasteiger partial charge in [0, 0.05) is 17.5 Å². The zero-order chi connectivity index (χ0) is 14.9. The van der Waals surface area contributed by atoms with Crippen LogP contribution in [0.3, 0.4) is 0 Å². The van der Waals surface area contributed by atoms with Crippen molar-refractivity contribution in [2.24, 2.45) is 0 Å². The average molecular weight is 350 g/mol. The van der Waals surface area contributed by atoms with Crippen molar-refractivity contribution in [3.63, 3.8) is 0 Å². The molecule has 2 rings (SSSR count). The van der Waals surface area contributed by atoms with Gasteiger partial charge in [-0.2, -0.15) is 0 Å². The lowest BCUT2D eigenvalue weighted by molar-refractivity contribution is 0.602. The van der Waals surface area contributed by atoms with Crippen LogP contribution in [-0.4, -0.2) is 14.7 Å². The molecule has 0 fully saturated rings. The zero-order valence-electron chi connectivity index (χ0n) is 10.9. The maximum absolute atomic E-state index is 11.5. The van der Waals surface area contributed by atoms with Crippen molar-refractivity contribution in [1.82, 2.24) is 0 Å². The highest BCUT2D eigenvalue weighted by Crippen LogP contribution is 2.36. The summed E-state index contributed by atoms with van der Waals surface area (Å²) in [5.41, 5.74) is 1.62. The largest absolute Gasteiger partial charge is 0.378 e. The molecule has 1 heterocycles. The molecule has 0 bridgehead atoms. The van der Waals surface area contributed by atoms with E-state index in [1.165, 1.54) is 17.6 Å². The Kier molecular flexibility index (Phi) is 4.64. The summed E-state index contributed by atoms with van der Waals surface area (Å²) >= 11 is 13.3. The van der Waals surface area contributed by atoms with Gasteiger partial charge >= 0.3 is 0 Å². The molecule has 3 nitrogen and oxygen atoms in total. The summed E-state index contributed by atoms with van der Waals surface area (Å²) in [6.07, 6.45) is 1.19. The van der Waals surface area contributed by atoms with Gasteiger partial charge < -0.3 is 5.32 Å². The highest BCUT2D eigenvalue weighted by Gasteiger charge is 2.14. The maximum Gasteiger partial charge on any atom is 0.175 e. The van der Waals surface area contributed by atoms with E-state index in [1.807, 2.05) is 19.1 Å². The van der Waals surface area contributed by atoms with Crippen LogP contribution in [0.1, 0.15) is 18.5 Å². The second-order valence-corrected chi connectivity index (χ2v) is 8.75. The Hall–Kier alpha value is -0.750. The minimum Gasteiger partial charge on any atom is -0.378 e. The second-order valence-electron chi connectivity index (χ2n) is 4.45. The molecular weight excluding hydrogens is 337 g/mol. The fourth-order valence-electron chi connectivity index (χ4n) is 1.79. The first-order chi connectivity index (χ1) is 9.27. The lowest BCUT2D eigenvalue weighted by atomic mass is 10.1. The Labute approximate surface area is 132 Å². The minimum absolute atomic E-state index is 0.0685. The zero-order valence-corrected chi connectivity index (χ0v) is 14.0. The van der Waals surface area contributed by atoms with Crippen molar-refractivity contribution < 1.29 is 8.42 Å². The molecule has 2 aromatic rings. The van der Waals surface area contributed by atoms with E-state index in [2.05, 4.69) is 5.32 Å². The monoisotopic (exact) mass is 349 g/mol. The lowest BCUT2D eigenvalue weighted by Gasteiger charge is -2.15. The number of benzene rings is 1. The van der Waals surface area contributed by atoms with Crippen LogP contribution in [0.25, 0.3) is 0 Å². The molecule has 0 aliphatic heterocycles. The van der Waals surface area contributed by atoms with Gasteiger partial charge in [0.1, 0.15) is 0 Å². The predicted octanol–water partition coefficient (Wildman–Crippen LogP) is 4.63. The number of halogens is 2. The van der Waals surface area contributed by atoms with Crippen molar-refractivity contribution in [1.29, 1.82) is 0 Å². The minimum atomic E-state index is -3.21. The number of hydrogen-bond donors (Lipinski definition) is 1. The van der Waals surface area contributed by atoms with Gasteiger partial charge in [0.05, 0.1) is 19.6 Å². The normalized spacial score (nSPS) is 13.2. The summed E-state index contributed by atoms with van der Waals surface area (Å²) in [6.45, 7) is 1.94. The molecule has 1 unspecified atom stereocenters. The summed E-state index contributed by atoms with van der Waals surface area (Å²) in [4.78, 5) is 0.282. The highest BCUT2D eigenvalue weighted by molar-refractivity contribution is 7.90. The molecule has 0 radical (unpaired) electrons. The van der Waals surface area contributed by atoms with E-state index < -0.39 is 9.84 Å². The van der Waals surface area contributed by atoms with Crippen LogP contribution in [0.15, 0.2) is 35.2 Å². The van der Waals surface area contributed by atoms with Gasteiger partial charge in [-0.3, -0.25) is 0 Å². The molecule has 0 saturated heterocycles. The van der Waals surface area contributed by atoms with E-state index in [-0.39, 0.29) is 10.9 Å². The Morgan fingerprint density at radius 1 is 1.25 bits per heavy atom. The Morgan fingerprint density at radius 3 is 2.50 bits per heavy atom. The summed E-state index contributed by atoms with van der Waals surface area (Å²) in [5.74, 6) is 0. The first-order valence-electron chi connectivity index (χ1n) is 5.79. The topological polar surface area (TPSA) is 46.2 Å². The third-order valence-corrected chi connectivity index (χ3v) is 5.42. The van der Waals surface area contributed by atoms with Crippen LogP contribution in [0, 0.1) is 0 Å². The average Bonchev–Trinajstić information content (AvgIpc) is 2.68. The molecule has 1 aromatic heterocycles. The first kappa shape index (κ1) is 15.6. The number of hydrogen-bond acceptors (Lipinski definition) is 4. The molecule has 1 atom stereocenters. The molecule has 7 heteroatoms. The van der Waals surface area contributed by atoms with Crippen LogP contribution in [0.5, 0.6) is 0 Å². The van der Waals surface area contributed by atoms with Crippen molar-refractivity contribution >= 4 is 50.1 Å². The smallest absolute Gasteiger partial charge is 0.175 e. The molecule has 0 saturated carbocycles. The fourth-order valence-corrected chi connectivity index (χ4v) is 4.10. The third kappa shape index (κ3) is 3.67. The van der Waals surface area contributed by atoms with E-state index in [1.54, 1.807) is 18.2 Å². The number of nitrogens with one attached hydrogen (secondary N) is 1. The molecule has 1 N–H and O–H groups in total. The van der Waals surface area contributed by atoms with E-state index in [0.29, 0.717) is 8.67 Å². The SMILES string of the molecule is CC(Nc1cccc(S(C)(=O)=O)c1)c1cc(Cl)sc1Cl. The predicted molar refractivity (Wildman–Crippen MR) is 85.9 cm³/mol. The number of sulfone groups is 1. The van der Waals surface area contributed by atoms with Gasteiger partial charge in [-0.1, -0.05) is 29.3 Å². The second kappa shape index (κ2) is 5.93. The lowest BCUT2D eigenvalue weighted by Crippen LogP contribution is -2.07. The van der Waals surface area contributed by atoms with Gasteiger partial charge in [0.15, 0.2) is 9.84 Å². The molecule has 0 aliphatic rings. The van der Waals surface area contributed by atoms with Gasteiger partial charge in [0.25, 0.3) is 0 Å². The number of anilines is 1. The standard InChI is InChI=1S/C13H13Cl2NO2S2/c1-8(11-7-12(14)19-13(11)15)16-9-4-3-5-10(6-9)20(2,17)18/h3-8,16H,1-2H3. The fraction of sp³-hybridized carbons (Fsp3) is 0.231. The van der Waals surface area contributed by atoms with Gasteiger partial charge in [-0.25, -0.2) is 8.42 Å². The van der Waals surface area contributed by atoms with Crippen molar-refractivity contribution in [3.05, 3.63) is 44.6 Å². The van der Waals surface area contributed by atoms with Crippen molar-refractivity contribution in [2.45, 2.75) is 17.9 Å². The first-order valence-corrected chi connectivity index (χ1v) is 9.25. The van der Waals surface area contributed by atoms with Crippen LogP contribution in [0.4, 0.5) is 5.69 Å². The third-order valence-electron chi connectivity index (χ3n) is 2.79. The van der Waals surface area contributed by atoms with Crippen LogP contribution in [0.2, 0.25) is 8.67 Å². The van der Waals surface area contributed by atoms with Crippen LogP contribution >= 0.6 is 34.5 Å². The van der Waals surface area contributed by atoms with Crippen LogP contribution < -0.4 is 5.32 Å².